The third-order valence-electron chi connectivity index (χ3n) is 4.03. The number of carbonyl (C=O) groups is 1. The highest BCUT2D eigenvalue weighted by Gasteiger charge is 2.23. The molecule has 0 aliphatic rings. The molecule has 2 heterocycles. The first-order valence-electron chi connectivity index (χ1n) is 8.22. The SMILES string of the molecule is O=C(Nc1ncc(-c2ccco2)s1)C(c1ccccc1)c1ccccc1. The summed E-state index contributed by atoms with van der Waals surface area (Å²) in [5.41, 5.74) is 1.89. The molecule has 0 unspecified atom stereocenters. The van der Waals surface area contributed by atoms with Gasteiger partial charge in [0.15, 0.2) is 5.13 Å². The van der Waals surface area contributed by atoms with Gasteiger partial charge in [0.2, 0.25) is 5.91 Å². The van der Waals surface area contributed by atoms with Crippen LogP contribution in [0.2, 0.25) is 0 Å². The van der Waals surface area contributed by atoms with E-state index in [4.69, 9.17) is 4.42 Å². The third kappa shape index (κ3) is 3.43. The van der Waals surface area contributed by atoms with Crippen LogP contribution in [-0.2, 0) is 4.79 Å². The Bertz CT molecular complexity index is 940. The summed E-state index contributed by atoms with van der Waals surface area (Å²) in [6.45, 7) is 0. The lowest BCUT2D eigenvalue weighted by molar-refractivity contribution is -0.116. The number of benzene rings is 2. The topological polar surface area (TPSA) is 55.1 Å². The Balaban J connectivity index is 1.61. The van der Waals surface area contributed by atoms with E-state index in [-0.39, 0.29) is 5.91 Å². The van der Waals surface area contributed by atoms with E-state index in [1.165, 1.54) is 11.3 Å². The van der Waals surface area contributed by atoms with Gasteiger partial charge in [-0.1, -0.05) is 72.0 Å². The van der Waals surface area contributed by atoms with Gasteiger partial charge in [0.05, 0.1) is 23.3 Å². The summed E-state index contributed by atoms with van der Waals surface area (Å²) in [6.07, 6.45) is 3.33. The molecule has 0 fully saturated rings. The molecule has 26 heavy (non-hydrogen) atoms. The fourth-order valence-corrected chi connectivity index (χ4v) is 3.62. The molecular weight excluding hydrogens is 344 g/mol. The average Bonchev–Trinajstić information content (AvgIpc) is 3.35. The van der Waals surface area contributed by atoms with Crippen LogP contribution >= 0.6 is 11.3 Å². The van der Waals surface area contributed by atoms with Crippen molar-refractivity contribution in [2.45, 2.75) is 5.92 Å². The number of nitrogens with zero attached hydrogens (tertiary/aromatic N) is 1. The van der Waals surface area contributed by atoms with Crippen molar-refractivity contribution < 1.29 is 9.21 Å². The van der Waals surface area contributed by atoms with Crippen LogP contribution in [0.5, 0.6) is 0 Å². The molecule has 128 valence electrons. The van der Waals surface area contributed by atoms with Crippen molar-refractivity contribution in [2.75, 3.05) is 5.32 Å². The fourth-order valence-electron chi connectivity index (χ4n) is 2.83. The van der Waals surface area contributed by atoms with Gasteiger partial charge >= 0.3 is 0 Å². The minimum Gasteiger partial charge on any atom is -0.463 e. The van der Waals surface area contributed by atoms with Crippen LogP contribution in [0, 0.1) is 0 Å². The van der Waals surface area contributed by atoms with Crippen LogP contribution in [0.3, 0.4) is 0 Å². The molecule has 0 aliphatic carbocycles. The summed E-state index contributed by atoms with van der Waals surface area (Å²) < 4.78 is 5.38. The number of furan rings is 1. The van der Waals surface area contributed by atoms with Gasteiger partial charge in [-0.2, -0.15) is 0 Å². The van der Waals surface area contributed by atoms with Crippen molar-refractivity contribution in [1.29, 1.82) is 0 Å². The van der Waals surface area contributed by atoms with Crippen LogP contribution in [0.15, 0.2) is 89.7 Å². The molecule has 4 aromatic rings. The minimum atomic E-state index is -0.395. The first kappa shape index (κ1) is 16.3. The normalized spacial score (nSPS) is 10.8. The molecule has 0 radical (unpaired) electrons. The highest BCUT2D eigenvalue weighted by Crippen LogP contribution is 2.31. The van der Waals surface area contributed by atoms with E-state index in [2.05, 4.69) is 10.3 Å². The maximum Gasteiger partial charge on any atom is 0.238 e. The van der Waals surface area contributed by atoms with Crippen molar-refractivity contribution >= 4 is 22.4 Å². The van der Waals surface area contributed by atoms with Gasteiger partial charge in [-0.15, -0.1) is 0 Å². The molecule has 1 N–H and O–H groups in total. The number of aromatic nitrogens is 1. The average molecular weight is 360 g/mol. The molecule has 0 atom stereocenters. The van der Waals surface area contributed by atoms with E-state index in [1.54, 1.807) is 12.5 Å². The predicted octanol–water partition coefficient (Wildman–Crippen LogP) is 5.17. The lowest BCUT2D eigenvalue weighted by atomic mass is 9.90. The molecule has 0 spiro atoms. The molecule has 1 amide bonds. The smallest absolute Gasteiger partial charge is 0.238 e. The number of hydrogen-bond acceptors (Lipinski definition) is 4. The second-order valence-electron chi connectivity index (χ2n) is 5.75. The van der Waals surface area contributed by atoms with Gasteiger partial charge < -0.3 is 9.73 Å². The Kier molecular flexibility index (Phi) is 4.62. The zero-order valence-corrected chi connectivity index (χ0v) is 14.6. The highest BCUT2D eigenvalue weighted by atomic mass is 32.1. The second-order valence-corrected chi connectivity index (χ2v) is 6.78. The quantitative estimate of drug-likeness (QED) is 0.534. The number of rotatable bonds is 5. The molecule has 0 saturated heterocycles. The lowest BCUT2D eigenvalue weighted by Gasteiger charge is -2.16. The Hall–Kier alpha value is -3.18. The largest absolute Gasteiger partial charge is 0.463 e. The van der Waals surface area contributed by atoms with E-state index in [9.17, 15) is 4.79 Å². The molecule has 2 aromatic heterocycles. The predicted molar refractivity (Wildman–Crippen MR) is 103 cm³/mol. The van der Waals surface area contributed by atoms with Crippen LogP contribution in [0.4, 0.5) is 5.13 Å². The Morgan fingerprint density at radius 2 is 1.58 bits per heavy atom. The summed E-state index contributed by atoms with van der Waals surface area (Å²) in [4.78, 5) is 18.2. The van der Waals surface area contributed by atoms with Gasteiger partial charge in [-0.05, 0) is 23.3 Å². The van der Waals surface area contributed by atoms with E-state index in [1.807, 2.05) is 72.8 Å². The van der Waals surface area contributed by atoms with Gasteiger partial charge in [-0.25, -0.2) is 4.98 Å². The summed E-state index contributed by atoms with van der Waals surface area (Å²) in [5.74, 6) is 0.238. The van der Waals surface area contributed by atoms with Gasteiger partial charge in [-0.3, -0.25) is 4.79 Å². The van der Waals surface area contributed by atoms with E-state index in [0.717, 1.165) is 21.8 Å². The first-order chi connectivity index (χ1) is 12.8. The fraction of sp³-hybridized carbons (Fsp3) is 0.0476. The summed E-state index contributed by atoms with van der Waals surface area (Å²) in [6, 6.07) is 23.2. The van der Waals surface area contributed by atoms with E-state index in [0.29, 0.717) is 5.13 Å². The number of amides is 1. The standard InChI is InChI=1S/C21H16N2O2S/c24-20(23-21-22-14-18(26-21)17-12-7-13-25-17)19(15-8-3-1-4-9-15)16-10-5-2-6-11-16/h1-14,19H,(H,22,23,24). The number of hydrogen-bond donors (Lipinski definition) is 1. The Labute approximate surface area is 155 Å². The monoisotopic (exact) mass is 360 g/mol. The molecule has 5 heteroatoms. The Morgan fingerprint density at radius 1 is 0.923 bits per heavy atom. The molecule has 0 bridgehead atoms. The zero-order chi connectivity index (χ0) is 17.8. The van der Waals surface area contributed by atoms with Crippen molar-refractivity contribution in [1.82, 2.24) is 4.98 Å². The van der Waals surface area contributed by atoms with Crippen LogP contribution in [-0.4, -0.2) is 10.9 Å². The summed E-state index contributed by atoms with van der Waals surface area (Å²) in [5, 5.41) is 3.50. The van der Waals surface area contributed by atoms with Crippen LogP contribution < -0.4 is 5.32 Å². The van der Waals surface area contributed by atoms with Crippen molar-refractivity contribution in [3.8, 4) is 10.6 Å². The third-order valence-corrected chi connectivity index (χ3v) is 4.96. The number of anilines is 1. The number of carbonyl (C=O) groups excluding carboxylic acids is 1. The van der Waals surface area contributed by atoms with Crippen molar-refractivity contribution in [3.05, 3.63) is 96.4 Å². The maximum absolute atomic E-state index is 13.0. The molecule has 0 aliphatic heterocycles. The molecule has 4 rings (SSSR count). The van der Waals surface area contributed by atoms with Crippen molar-refractivity contribution in [2.24, 2.45) is 0 Å². The van der Waals surface area contributed by atoms with Crippen LogP contribution in [0.1, 0.15) is 17.0 Å². The van der Waals surface area contributed by atoms with Gasteiger partial charge in [0.25, 0.3) is 0 Å². The molecule has 0 saturated carbocycles. The van der Waals surface area contributed by atoms with Gasteiger partial charge in [0, 0.05) is 0 Å². The van der Waals surface area contributed by atoms with Crippen molar-refractivity contribution in [3.63, 3.8) is 0 Å². The summed E-state index contributed by atoms with van der Waals surface area (Å²) >= 11 is 1.39. The first-order valence-corrected chi connectivity index (χ1v) is 9.03. The Morgan fingerprint density at radius 3 is 2.15 bits per heavy atom. The highest BCUT2D eigenvalue weighted by molar-refractivity contribution is 7.19. The number of thiazole rings is 1. The second kappa shape index (κ2) is 7.37. The maximum atomic E-state index is 13.0. The molecule has 2 aromatic carbocycles. The van der Waals surface area contributed by atoms with Crippen LogP contribution in [0.25, 0.3) is 10.6 Å². The van der Waals surface area contributed by atoms with E-state index >= 15 is 0 Å². The molecule has 4 nitrogen and oxygen atoms in total. The van der Waals surface area contributed by atoms with Gasteiger partial charge in [0.1, 0.15) is 5.76 Å². The summed E-state index contributed by atoms with van der Waals surface area (Å²) in [7, 11) is 0. The molecular formula is C21H16N2O2S. The zero-order valence-electron chi connectivity index (χ0n) is 13.8. The number of nitrogens with one attached hydrogen (secondary N) is 1. The lowest BCUT2D eigenvalue weighted by Crippen LogP contribution is -2.22. The minimum absolute atomic E-state index is 0.109. The van der Waals surface area contributed by atoms with E-state index < -0.39 is 5.92 Å².